The van der Waals surface area contributed by atoms with Gasteiger partial charge in [-0.05, 0) is 37.1 Å². The van der Waals surface area contributed by atoms with Crippen molar-refractivity contribution in [1.82, 2.24) is 10.3 Å². The highest BCUT2D eigenvalue weighted by molar-refractivity contribution is 7.13. The molecule has 6 nitrogen and oxygen atoms in total. The zero-order valence-electron chi connectivity index (χ0n) is 15.8. The SMILES string of the molecule is CC(C)(NC(=O)Cc1csc(-c2cc(Cl)c(O)cc2-c2ccccc2)n1)C(=O)O. The van der Waals surface area contributed by atoms with E-state index in [0.717, 1.165) is 16.7 Å². The maximum Gasteiger partial charge on any atom is 0.328 e. The fraction of sp³-hybridized carbons (Fsp3) is 0.190. The second-order valence-corrected chi connectivity index (χ2v) is 8.28. The van der Waals surface area contributed by atoms with Crippen molar-refractivity contribution in [2.45, 2.75) is 25.8 Å². The Hall–Kier alpha value is -2.90. The van der Waals surface area contributed by atoms with Gasteiger partial charge in [-0.15, -0.1) is 11.3 Å². The number of benzene rings is 2. The van der Waals surface area contributed by atoms with Gasteiger partial charge in [-0.3, -0.25) is 4.79 Å². The summed E-state index contributed by atoms with van der Waals surface area (Å²) in [5.74, 6) is -1.57. The van der Waals surface area contributed by atoms with Gasteiger partial charge in [0.05, 0.1) is 17.1 Å². The van der Waals surface area contributed by atoms with Gasteiger partial charge in [-0.25, -0.2) is 9.78 Å². The number of nitrogens with one attached hydrogen (secondary N) is 1. The predicted molar refractivity (Wildman–Crippen MR) is 113 cm³/mol. The zero-order valence-corrected chi connectivity index (χ0v) is 17.3. The number of aliphatic carboxylic acids is 1. The van der Waals surface area contributed by atoms with Gasteiger partial charge in [0.15, 0.2) is 0 Å². The van der Waals surface area contributed by atoms with Crippen molar-refractivity contribution in [2.75, 3.05) is 0 Å². The first-order chi connectivity index (χ1) is 13.7. The molecule has 3 aromatic rings. The minimum absolute atomic E-state index is 0.0265. The summed E-state index contributed by atoms with van der Waals surface area (Å²) in [6, 6.07) is 12.8. The van der Waals surface area contributed by atoms with Gasteiger partial charge in [0.25, 0.3) is 0 Å². The number of nitrogens with zero attached hydrogens (tertiary/aromatic N) is 1. The number of rotatable bonds is 6. The van der Waals surface area contributed by atoms with Crippen LogP contribution in [0, 0.1) is 0 Å². The van der Waals surface area contributed by atoms with Crippen molar-refractivity contribution in [3.8, 4) is 27.4 Å². The van der Waals surface area contributed by atoms with E-state index < -0.39 is 17.4 Å². The second kappa shape index (κ2) is 8.23. The van der Waals surface area contributed by atoms with Crippen LogP contribution in [0.15, 0.2) is 47.8 Å². The zero-order chi connectivity index (χ0) is 21.2. The largest absolute Gasteiger partial charge is 0.506 e. The molecule has 0 aliphatic rings. The molecule has 3 rings (SSSR count). The quantitative estimate of drug-likeness (QED) is 0.539. The molecule has 1 aromatic heterocycles. The summed E-state index contributed by atoms with van der Waals surface area (Å²) in [4.78, 5) is 27.9. The third kappa shape index (κ3) is 4.75. The number of hydrogen-bond acceptors (Lipinski definition) is 5. The number of aromatic hydroxyl groups is 1. The molecule has 0 aliphatic carbocycles. The van der Waals surface area contributed by atoms with Gasteiger partial charge < -0.3 is 15.5 Å². The molecule has 29 heavy (non-hydrogen) atoms. The number of phenols is 1. The third-order valence-electron chi connectivity index (χ3n) is 4.28. The highest BCUT2D eigenvalue weighted by atomic mass is 35.5. The molecule has 150 valence electrons. The van der Waals surface area contributed by atoms with Crippen molar-refractivity contribution in [3.63, 3.8) is 0 Å². The molecule has 0 radical (unpaired) electrons. The van der Waals surface area contributed by atoms with E-state index in [0.29, 0.717) is 10.7 Å². The molecule has 0 atom stereocenters. The van der Waals surface area contributed by atoms with Gasteiger partial charge in [0.2, 0.25) is 5.91 Å². The third-order valence-corrected chi connectivity index (χ3v) is 5.51. The van der Waals surface area contributed by atoms with Crippen LogP contribution in [0.3, 0.4) is 0 Å². The minimum Gasteiger partial charge on any atom is -0.506 e. The molecule has 2 aromatic carbocycles. The number of halogens is 1. The Morgan fingerprint density at radius 3 is 2.52 bits per heavy atom. The van der Waals surface area contributed by atoms with E-state index in [1.165, 1.54) is 25.2 Å². The van der Waals surface area contributed by atoms with E-state index in [1.807, 2.05) is 30.3 Å². The van der Waals surface area contributed by atoms with Gasteiger partial charge in [-0.2, -0.15) is 0 Å². The van der Waals surface area contributed by atoms with Gasteiger partial charge in [-0.1, -0.05) is 41.9 Å². The van der Waals surface area contributed by atoms with Crippen molar-refractivity contribution in [1.29, 1.82) is 0 Å². The molecule has 8 heteroatoms. The Balaban J connectivity index is 1.90. The Bertz CT molecular complexity index is 1060. The second-order valence-electron chi connectivity index (χ2n) is 7.01. The van der Waals surface area contributed by atoms with Crippen LogP contribution < -0.4 is 5.32 Å². The fourth-order valence-electron chi connectivity index (χ4n) is 2.72. The van der Waals surface area contributed by atoms with Crippen LogP contribution in [0.2, 0.25) is 5.02 Å². The Kier molecular flexibility index (Phi) is 5.91. The molecular formula is C21H19ClN2O4S. The smallest absolute Gasteiger partial charge is 0.328 e. The molecule has 0 spiro atoms. The number of amides is 1. The van der Waals surface area contributed by atoms with E-state index >= 15 is 0 Å². The molecule has 0 unspecified atom stereocenters. The average Bonchev–Trinajstić information content (AvgIpc) is 3.11. The normalized spacial score (nSPS) is 11.3. The van der Waals surface area contributed by atoms with Crippen molar-refractivity contribution in [3.05, 3.63) is 58.6 Å². The molecule has 0 fully saturated rings. The molecule has 0 saturated carbocycles. The number of aromatic nitrogens is 1. The number of carbonyl (C=O) groups is 2. The number of carboxylic acid groups (broad SMARTS) is 1. The highest BCUT2D eigenvalue weighted by Gasteiger charge is 2.29. The van der Waals surface area contributed by atoms with Gasteiger partial charge in [0.1, 0.15) is 16.3 Å². The Labute approximate surface area is 176 Å². The van der Waals surface area contributed by atoms with E-state index in [2.05, 4.69) is 10.3 Å². The number of carboxylic acids is 1. The van der Waals surface area contributed by atoms with Crippen molar-refractivity contribution in [2.24, 2.45) is 0 Å². The van der Waals surface area contributed by atoms with Gasteiger partial charge >= 0.3 is 5.97 Å². The topological polar surface area (TPSA) is 99.5 Å². The lowest BCUT2D eigenvalue weighted by Gasteiger charge is -2.20. The summed E-state index contributed by atoms with van der Waals surface area (Å²) >= 11 is 7.47. The minimum atomic E-state index is -1.36. The lowest BCUT2D eigenvalue weighted by Crippen LogP contribution is -2.50. The number of thiazole rings is 1. The lowest BCUT2D eigenvalue weighted by molar-refractivity contribution is -0.145. The first-order valence-corrected chi connectivity index (χ1v) is 10.0. The summed E-state index contributed by atoms with van der Waals surface area (Å²) in [6.07, 6.45) is -0.0420. The van der Waals surface area contributed by atoms with Crippen molar-refractivity contribution < 1.29 is 19.8 Å². The summed E-state index contributed by atoms with van der Waals surface area (Å²) in [5.41, 5.74) is 1.56. The number of phenolic OH excluding ortho intramolecular Hbond substituents is 1. The molecule has 1 amide bonds. The summed E-state index contributed by atoms with van der Waals surface area (Å²) in [5, 5.41) is 24.3. The molecule has 0 aliphatic heterocycles. The van der Waals surface area contributed by atoms with E-state index in [9.17, 15) is 14.7 Å². The number of carbonyl (C=O) groups excluding carboxylic acids is 1. The first-order valence-electron chi connectivity index (χ1n) is 8.74. The van der Waals surface area contributed by atoms with Crippen LogP contribution in [0.4, 0.5) is 0 Å². The van der Waals surface area contributed by atoms with Crippen LogP contribution >= 0.6 is 22.9 Å². The standard InChI is InChI=1S/C21H19ClN2O4S/c1-21(2,20(27)28)24-18(26)8-13-11-29-19(23-13)15-9-16(22)17(25)10-14(15)12-6-4-3-5-7-12/h3-7,9-11,25H,8H2,1-2H3,(H,24,26)(H,27,28). The van der Waals surface area contributed by atoms with Gasteiger partial charge in [0, 0.05) is 10.9 Å². The Morgan fingerprint density at radius 2 is 1.86 bits per heavy atom. The summed E-state index contributed by atoms with van der Waals surface area (Å²) < 4.78 is 0. The monoisotopic (exact) mass is 430 g/mol. The lowest BCUT2D eigenvalue weighted by atomic mass is 9.99. The molecule has 1 heterocycles. The van der Waals surface area contributed by atoms with Crippen LogP contribution in [0.25, 0.3) is 21.7 Å². The maximum atomic E-state index is 12.2. The summed E-state index contributed by atoms with van der Waals surface area (Å²) in [7, 11) is 0. The molecule has 0 bridgehead atoms. The van der Waals surface area contributed by atoms with Crippen LogP contribution in [0.5, 0.6) is 5.75 Å². The van der Waals surface area contributed by atoms with E-state index in [4.69, 9.17) is 16.7 Å². The fourth-order valence-corrected chi connectivity index (χ4v) is 3.73. The van der Waals surface area contributed by atoms with Crippen LogP contribution in [-0.4, -0.2) is 32.6 Å². The Morgan fingerprint density at radius 1 is 1.17 bits per heavy atom. The molecular weight excluding hydrogens is 412 g/mol. The van der Waals surface area contributed by atoms with Crippen molar-refractivity contribution >= 4 is 34.8 Å². The van der Waals surface area contributed by atoms with Crippen LogP contribution in [-0.2, 0) is 16.0 Å². The highest BCUT2D eigenvalue weighted by Crippen LogP contribution is 2.39. The van der Waals surface area contributed by atoms with Crippen LogP contribution in [0.1, 0.15) is 19.5 Å². The maximum absolute atomic E-state index is 12.2. The van der Waals surface area contributed by atoms with E-state index in [-0.39, 0.29) is 17.2 Å². The average molecular weight is 431 g/mol. The molecule has 3 N–H and O–H groups in total. The summed E-state index contributed by atoms with van der Waals surface area (Å²) in [6.45, 7) is 2.84. The molecule has 0 saturated heterocycles. The number of hydrogen-bond donors (Lipinski definition) is 3. The first kappa shape index (κ1) is 20.8. The predicted octanol–water partition coefficient (Wildman–Crippen LogP) is 4.36. The van der Waals surface area contributed by atoms with E-state index in [1.54, 1.807) is 17.5 Å².